The minimum atomic E-state index is -0.511. The molecule has 0 saturated heterocycles. The largest absolute Gasteiger partial charge is 0.393 e. The van der Waals surface area contributed by atoms with Crippen LogP contribution in [0.25, 0.3) is 0 Å². The molecule has 0 aromatic carbocycles. The molecule has 0 aromatic heterocycles. The first kappa shape index (κ1) is 11.1. The molecule has 1 fully saturated rings. The van der Waals surface area contributed by atoms with E-state index in [0.717, 1.165) is 12.6 Å². The third-order valence-corrected chi connectivity index (χ3v) is 2.60. The number of nitro groups is 1. The molecule has 1 saturated carbocycles. The van der Waals surface area contributed by atoms with E-state index in [1.54, 1.807) is 7.11 Å². The standard InChI is InChI=1S/C9H15NO4/c1-14-8-2-3-9(11)7(6-8)4-5-10(12)13/h4-5,7-9,11H,2-3,6H2,1H3. The van der Waals surface area contributed by atoms with Gasteiger partial charge in [-0.05, 0) is 25.3 Å². The molecule has 1 aliphatic rings. The average molecular weight is 201 g/mol. The van der Waals surface area contributed by atoms with Crippen LogP contribution in [0.3, 0.4) is 0 Å². The van der Waals surface area contributed by atoms with Gasteiger partial charge in [-0.3, -0.25) is 10.1 Å². The maximum Gasteiger partial charge on any atom is 0.230 e. The summed E-state index contributed by atoms with van der Waals surface area (Å²) < 4.78 is 5.16. The highest BCUT2D eigenvalue weighted by molar-refractivity contribution is 4.92. The molecular weight excluding hydrogens is 186 g/mol. The van der Waals surface area contributed by atoms with Crippen LogP contribution in [0.5, 0.6) is 0 Å². The molecule has 80 valence electrons. The molecule has 1 rings (SSSR count). The molecule has 0 aromatic rings. The monoisotopic (exact) mass is 201 g/mol. The fourth-order valence-corrected chi connectivity index (χ4v) is 1.75. The zero-order chi connectivity index (χ0) is 10.6. The zero-order valence-corrected chi connectivity index (χ0v) is 8.13. The Hall–Kier alpha value is -0.940. The van der Waals surface area contributed by atoms with E-state index in [1.165, 1.54) is 6.08 Å². The summed E-state index contributed by atoms with van der Waals surface area (Å²) in [7, 11) is 1.62. The van der Waals surface area contributed by atoms with Crippen LogP contribution in [0.2, 0.25) is 0 Å². The van der Waals surface area contributed by atoms with E-state index in [4.69, 9.17) is 4.74 Å². The summed E-state index contributed by atoms with van der Waals surface area (Å²) in [5.74, 6) is -0.154. The molecule has 0 heterocycles. The van der Waals surface area contributed by atoms with Gasteiger partial charge in [-0.15, -0.1) is 0 Å². The Bertz CT molecular complexity index is 229. The highest BCUT2D eigenvalue weighted by atomic mass is 16.6. The molecular formula is C9H15NO4. The minimum absolute atomic E-state index is 0.111. The van der Waals surface area contributed by atoms with Crippen molar-refractivity contribution in [2.24, 2.45) is 5.92 Å². The number of hydrogen-bond donors (Lipinski definition) is 1. The van der Waals surface area contributed by atoms with Crippen molar-refractivity contribution in [2.45, 2.75) is 31.5 Å². The van der Waals surface area contributed by atoms with Crippen LogP contribution in [0.15, 0.2) is 12.3 Å². The van der Waals surface area contributed by atoms with Gasteiger partial charge in [0.1, 0.15) is 0 Å². The topological polar surface area (TPSA) is 72.6 Å². The van der Waals surface area contributed by atoms with E-state index in [0.29, 0.717) is 12.8 Å². The molecule has 0 aliphatic heterocycles. The van der Waals surface area contributed by atoms with Crippen molar-refractivity contribution in [3.05, 3.63) is 22.4 Å². The fourth-order valence-electron chi connectivity index (χ4n) is 1.75. The second-order valence-electron chi connectivity index (χ2n) is 3.53. The van der Waals surface area contributed by atoms with Crippen molar-refractivity contribution >= 4 is 0 Å². The number of aliphatic hydroxyl groups excluding tert-OH is 1. The minimum Gasteiger partial charge on any atom is -0.393 e. The molecule has 5 nitrogen and oxygen atoms in total. The first-order valence-corrected chi connectivity index (χ1v) is 4.66. The van der Waals surface area contributed by atoms with Crippen molar-refractivity contribution in [3.8, 4) is 0 Å². The van der Waals surface area contributed by atoms with Crippen molar-refractivity contribution in [1.82, 2.24) is 0 Å². The predicted octanol–water partition coefficient (Wildman–Crippen LogP) is 0.953. The molecule has 0 amide bonds. The van der Waals surface area contributed by atoms with Gasteiger partial charge in [0.05, 0.1) is 17.1 Å². The second kappa shape index (κ2) is 5.07. The maximum atomic E-state index is 10.1. The smallest absolute Gasteiger partial charge is 0.230 e. The summed E-state index contributed by atoms with van der Waals surface area (Å²) in [6.07, 6.45) is 4.10. The van der Waals surface area contributed by atoms with E-state index in [2.05, 4.69) is 0 Å². The van der Waals surface area contributed by atoms with Gasteiger partial charge in [-0.2, -0.15) is 0 Å². The highest BCUT2D eigenvalue weighted by Crippen LogP contribution is 2.27. The first-order valence-electron chi connectivity index (χ1n) is 4.66. The van der Waals surface area contributed by atoms with Crippen molar-refractivity contribution < 1.29 is 14.8 Å². The summed E-state index contributed by atoms with van der Waals surface area (Å²) in [5.41, 5.74) is 0. The quantitative estimate of drug-likeness (QED) is 0.545. The van der Waals surface area contributed by atoms with E-state index in [9.17, 15) is 15.2 Å². The van der Waals surface area contributed by atoms with E-state index >= 15 is 0 Å². The van der Waals surface area contributed by atoms with Crippen LogP contribution in [-0.4, -0.2) is 29.3 Å². The number of hydrogen-bond acceptors (Lipinski definition) is 4. The van der Waals surface area contributed by atoms with Gasteiger partial charge >= 0.3 is 0 Å². The summed E-state index contributed by atoms with van der Waals surface area (Å²) in [5, 5.41) is 19.7. The zero-order valence-electron chi connectivity index (χ0n) is 8.13. The fraction of sp³-hybridized carbons (Fsp3) is 0.778. The summed E-state index contributed by atoms with van der Waals surface area (Å²) in [6.45, 7) is 0. The predicted molar refractivity (Wildman–Crippen MR) is 50.3 cm³/mol. The van der Waals surface area contributed by atoms with Crippen molar-refractivity contribution in [2.75, 3.05) is 7.11 Å². The molecule has 0 bridgehead atoms. The molecule has 3 atom stereocenters. The SMILES string of the molecule is COC1CCC(O)C(C=C[N+](=O)[O-])C1. The molecule has 1 N–H and O–H groups in total. The van der Waals surface area contributed by atoms with Crippen molar-refractivity contribution in [1.29, 1.82) is 0 Å². The van der Waals surface area contributed by atoms with E-state index < -0.39 is 11.0 Å². The van der Waals surface area contributed by atoms with Crippen LogP contribution in [0, 0.1) is 16.0 Å². The Morgan fingerprint density at radius 2 is 2.29 bits per heavy atom. The number of aliphatic hydroxyl groups is 1. The second-order valence-corrected chi connectivity index (χ2v) is 3.53. The van der Waals surface area contributed by atoms with E-state index in [-0.39, 0.29) is 12.0 Å². The van der Waals surface area contributed by atoms with Gasteiger partial charge in [0, 0.05) is 13.0 Å². The number of ether oxygens (including phenoxy) is 1. The number of nitrogens with zero attached hydrogens (tertiary/aromatic N) is 1. The first-order chi connectivity index (χ1) is 6.63. The van der Waals surface area contributed by atoms with Gasteiger partial charge < -0.3 is 9.84 Å². The molecule has 5 heteroatoms. The Kier molecular flexibility index (Phi) is 4.03. The van der Waals surface area contributed by atoms with Crippen LogP contribution in [-0.2, 0) is 4.74 Å². The van der Waals surface area contributed by atoms with Crippen LogP contribution < -0.4 is 0 Å². The highest BCUT2D eigenvalue weighted by Gasteiger charge is 2.27. The third-order valence-electron chi connectivity index (χ3n) is 2.60. The summed E-state index contributed by atoms with van der Waals surface area (Å²) in [4.78, 5) is 9.59. The van der Waals surface area contributed by atoms with Gasteiger partial charge in [-0.25, -0.2) is 0 Å². The lowest BCUT2D eigenvalue weighted by Gasteiger charge is -2.30. The normalized spacial score (nSPS) is 33.4. The van der Waals surface area contributed by atoms with Gasteiger partial charge in [0.15, 0.2) is 0 Å². The molecule has 0 radical (unpaired) electrons. The van der Waals surface area contributed by atoms with Crippen LogP contribution in [0.4, 0.5) is 0 Å². The molecule has 14 heavy (non-hydrogen) atoms. The van der Waals surface area contributed by atoms with Crippen LogP contribution in [0.1, 0.15) is 19.3 Å². The Balaban J connectivity index is 2.52. The molecule has 0 spiro atoms. The van der Waals surface area contributed by atoms with Crippen LogP contribution >= 0.6 is 0 Å². The lowest BCUT2D eigenvalue weighted by Crippen LogP contribution is -2.31. The Morgan fingerprint density at radius 3 is 2.86 bits per heavy atom. The lowest BCUT2D eigenvalue weighted by molar-refractivity contribution is -0.403. The van der Waals surface area contributed by atoms with Crippen molar-refractivity contribution in [3.63, 3.8) is 0 Å². The Morgan fingerprint density at radius 1 is 1.57 bits per heavy atom. The van der Waals surface area contributed by atoms with Gasteiger partial charge in [0.25, 0.3) is 0 Å². The average Bonchev–Trinajstić information content (AvgIpc) is 2.16. The molecule has 1 aliphatic carbocycles. The summed E-state index contributed by atoms with van der Waals surface area (Å²) >= 11 is 0. The maximum absolute atomic E-state index is 10.1. The third kappa shape index (κ3) is 3.08. The number of rotatable bonds is 3. The van der Waals surface area contributed by atoms with Gasteiger partial charge in [0.2, 0.25) is 6.20 Å². The van der Waals surface area contributed by atoms with Gasteiger partial charge in [-0.1, -0.05) is 0 Å². The summed E-state index contributed by atoms with van der Waals surface area (Å²) in [6, 6.07) is 0. The Labute approximate surface area is 82.5 Å². The van der Waals surface area contributed by atoms with E-state index in [1.807, 2.05) is 0 Å². The lowest BCUT2D eigenvalue weighted by atomic mass is 9.84. The molecule has 3 unspecified atom stereocenters. The number of methoxy groups -OCH3 is 1.